The minimum absolute atomic E-state index is 0.0187. The predicted octanol–water partition coefficient (Wildman–Crippen LogP) is 5.45. The predicted molar refractivity (Wildman–Crippen MR) is 114 cm³/mol. The van der Waals surface area contributed by atoms with E-state index in [9.17, 15) is 9.59 Å². The summed E-state index contributed by atoms with van der Waals surface area (Å²) in [5, 5.41) is 5.30. The molecule has 1 aliphatic heterocycles. The van der Waals surface area contributed by atoms with Gasteiger partial charge in [0.25, 0.3) is 5.91 Å². The molecule has 2 aromatic heterocycles. The molecule has 1 amide bonds. The van der Waals surface area contributed by atoms with E-state index in [4.69, 9.17) is 32.1 Å². The van der Waals surface area contributed by atoms with Gasteiger partial charge in [0, 0.05) is 16.1 Å². The molecule has 6 nitrogen and oxygen atoms in total. The van der Waals surface area contributed by atoms with Gasteiger partial charge in [-0.1, -0.05) is 40.5 Å². The molecular formula is C22H14Cl2N2O4. The highest BCUT2D eigenvalue weighted by Crippen LogP contribution is 2.41. The highest BCUT2D eigenvalue weighted by molar-refractivity contribution is 6.32. The van der Waals surface area contributed by atoms with Crippen molar-refractivity contribution in [3.05, 3.63) is 90.9 Å². The van der Waals surface area contributed by atoms with Gasteiger partial charge in [0.15, 0.2) is 11.2 Å². The molecule has 0 saturated heterocycles. The molecule has 1 atom stereocenters. The summed E-state index contributed by atoms with van der Waals surface area (Å²) in [7, 11) is 0. The van der Waals surface area contributed by atoms with Crippen molar-refractivity contribution < 1.29 is 13.7 Å². The van der Waals surface area contributed by atoms with Crippen molar-refractivity contribution in [2.75, 3.05) is 4.90 Å². The number of hydrogen-bond donors (Lipinski definition) is 0. The van der Waals surface area contributed by atoms with Crippen LogP contribution in [0, 0.1) is 13.8 Å². The van der Waals surface area contributed by atoms with Crippen LogP contribution in [-0.2, 0) is 0 Å². The van der Waals surface area contributed by atoms with Crippen molar-refractivity contribution in [3.63, 3.8) is 0 Å². The van der Waals surface area contributed by atoms with Crippen molar-refractivity contribution in [2.45, 2.75) is 19.9 Å². The molecule has 1 aliphatic rings. The molecule has 0 bridgehead atoms. The molecule has 0 fully saturated rings. The Morgan fingerprint density at radius 1 is 1.03 bits per heavy atom. The highest BCUT2D eigenvalue weighted by atomic mass is 35.5. The van der Waals surface area contributed by atoms with E-state index in [2.05, 4.69) is 5.16 Å². The second-order valence-corrected chi connectivity index (χ2v) is 8.04. The topological polar surface area (TPSA) is 76.6 Å². The fourth-order valence-electron chi connectivity index (χ4n) is 3.76. The third kappa shape index (κ3) is 2.75. The number of aromatic nitrogens is 1. The Balaban J connectivity index is 1.83. The zero-order valence-electron chi connectivity index (χ0n) is 15.9. The Morgan fingerprint density at radius 3 is 2.43 bits per heavy atom. The van der Waals surface area contributed by atoms with Gasteiger partial charge in [-0.3, -0.25) is 14.5 Å². The van der Waals surface area contributed by atoms with E-state index in [1.54, 1.807) is 56.3 Å². The molecule has 0 N–H and O–H groups in total. The van der Waals surface area contributed by atoms with Gasteiger partial charge in [-0.2, -0.15) is 0 Å². The Hall–Kier alpha value is -3.09. The van der Waals surface area contributed by atoms with Crippen LogP contribution in [0.15, 0.2) is 56.2 Å². The molecule has 0 unspecified atom stereocenters. The Labute approximate surface area is 180 Å². The number of aryl methyl sites for hydroxylation is 2. The number of fused-ring (bicyclic) bond motifs is 2. The maximum Gasteiger partial charge on any atom is 0.296 e. The van der Waals surface area contributed by atoms with Gasteiger partial charge in [0.1, 0.15) is 11.3 Å². The van der Waals surface area contributed by atoms with Crippen molar-refractivity contribution in [1.82, 2.24) is 5.16 Å². The molecule has 0 radical (unpaired) electrons. The minimum atomic E-state index is -0.741. The number of carbonyl (C=O) groups is 1. The molecule has 0 spiro atoms. The summed E-state index contributed by atoms with van der Waals surface area (Å²) in [5.41, 5.74) is 1.66. The number of hydrogen-bond acceptors (Lipinski definition) is 5. The van der Waals surface area contributed by atoms with Gasteiger partial charge < -0.3 is 8.94 Å². The maximum atomic E-state index is 13.5. The second kappa shape index (κ2) is 6.72. The number of anilines is 1. The summed E-state index contributed by atoms with van der Waals surface area (Å²) in [6.07, 6.45) is 0. The molecule has 0 aliphatic carbocycles. The van der Waals surface area contributed by atoms with Gasteiger partial charge in [-0.05, 0) is 49.2 Å². The summed E-state index contributed by atoms with van der Waals surface area (Å²) in [4.78, 5) is 28.3. The number of rotatable bonds is 2. The number of benzene rings is 2. The van der Waals surface area contributed by atoms with Crippen molar-refractivity contribution in [2.24, 2.45) is 0 Å². The standard InChI is InChI=1S/C22H14Cl2N2O4/c1-10-7-16-14(9-15(10)24)20(27)18-19(12-3-5-13(23)6-4-12)26(22(28)21(18)29-16)17-8-11(2)30-25-17/h3-9,19H,1-2H3/t19-/m1/s1. The van der Waals surface area contributed by atoms with Crippen LogP contribution < -0.4 is 10.3 Å². The van der Waals surface area contributed by atoms with Crippen LogP contribution in [-0.4, -0.2) is 11.1 Å². The lowest BCUT2D eigenvalue weighted by Gasteiger charge is -2.22. The van der Waals surface area contributed by atoms with E-state index >= 15 is 0 Å². The first-order valence-electron chi connectivity index (χ1n) is 9.14. The fraction of sp³-hybridized carbons (Fsp3) is 0.136. The van der Waals surface area contributed by atoms with Crippen LogP contribution in [0.4, 0.5) is 5.82 Å². The van der Waals surface area contributed by atoms with Crippen molar-refractivity contribution >= 4 is 45.9 Å². The zero-order chi connectivity index (χ0) is 21.2. The summed E-state index contributed by atoms with van der Waals surface area (Å²) < 4.78 is 11.1. The molecule has 3 heterocycles. The summed E-state index contributed by atoms with van der Waals surface area (Å²) >= 11 is 12.3. The molecule has 0 saturated carbocycles. The SMILES string of the molecule is Cc1cc(N2C(=O)c3oc4cc(C)c(Cl)cc4c(=O)c3[C@H]2c2ccc(Cl)cc2)no1. The first-order valence-corrected chi connectivity index (χ1v) is 9.90. The van der Waals surface area contributed by atoms with Gasteiger partial charge in [-0.15, -0.1) is 0 Å². The summed E-state index contributed by atoms with van der Waals surface area (Å²) in [6.45, 7) is 3.53. The lowest BCUT2D eigenvalue weighted by Crippen LogP contribution is -2.29. The van der Waals surface area contributed by atoms with Crippen LogP contribution in [0.5, 0.6) is 0 Å². The lowest BCUT2D eigenvalue weighted by molar-refractivity contribution is 0.0969. The van der Waals surface area contributed by atoms with E-state index in [1.165, 1.54) is 4.90 Å². The average molecular weight is 441 g/mol. The van der Waals surface area contributed by atoms with E-state index < -0.39 is 11.9 Å². The maximum absolute atomic E-state index is 13.5. The van der Waals surface area contributed by atoms with Crippen LogP contribution >= 0.6 is 23.2 Å². The molecule has 5 rings (SSSR count). The normalized spacial score (nSPS) is 15.8. The van der Waals surface area contributed by atoms with Crippen LogP contribution in [0.1, 0.15) is 39.0 Å². The molecule has 30 heavy (non-hydrogen) atoms. The molecule has 150 valence electrons. The second-order valence-electron chi connectivity index (χ2n) is 7.20. The Bertz CT molecular complexity index is 1390. The van der Waals surface area contributed by atoms with Crippen molar-refractivity contribution in [1.29, 1.82) is 0 Å². The Kier molecular flexibility index (Phi) is 4.24. The smallest absolute Gasteiger partial charge is 0.296 e. The van der Waals surface area contributed by atoms with Gasteiger partial charge in [0.05, 0.1) is 17.0 Å². The molecule has 8 heteroatoms. The summed E-state index contributed by atoms with van der Waals surface area (Å²) in [6, 6.07) is 11.1. The quantitative estimate of drug-likeness (QED) is 0.413. The average Bonchev–Trinajstić information content (AvgIpc) is 3.26. The number of carbonyl (C=O) groups excluding carboxylic acids is 1. The van der Waals surface area contributed by atoms with E-state index in [0.29, 0.717) is 38.2 Å². The fourth-order valence-corrected chi connectivity index (χ4v) is 4.05. The van der Waals surface area contributed by atoms with E-state index in [-0.39, 0.29) is 16.8 Å². The largest absolute Gasteiger partial charge is 0.450 e. The molecular weight excluding hydrogens is 427 g/mol. The third-order valence-electron chi connectivity index (χ3n) is 5.20. The van der Waals surface area contributed by atoms with Gasteiger partial charge in [0.2, 0.25) is 5.76 Å². The number of nitrogens with zero attached hydrogens (tertiary/aromatic N) is 2. The van der Waals surface area contributed by atoms with Gasteiger partial charge in [-0.25, -0.2) is 0 Å². The third-order valence-corrected chi connectivity index (χ3v) is 5.86. The van der Waals surface area contributed by atoms with E-state index in [0.717, 1.165) is 5.56 Å². The number of halogens is 2. The first kappa shape index (κ1) is 18.9. The van der Waals surface area contributed by atoms with Crippen LogP contribution in [0.2, 0.25) is 10.0 Å². The zero-order valence-corrected chi connectivity index (χ0v) is 17.4. The molecule has 2 aromatic carbocycles. The van der Waals surface area contributed by atoms with Crippen LogP contribution in [0.3, 0.4) is 0 Å². The highest BCUT2D eigenvalue weighted by Gasteiger charge is 2.44. The van der Waals surface area contributed by atoms with Crippen molar-refractivity contribution in [3.8, 4) is 0 Å². The monoisotopic (exact) mass is 440 g/mol. The number of amides is 1. The summed E-state index contributed by atoms with van der Waals surface area (Å²) in [5.74, 6) is 0.344. The Morgan fingerprint density at radius 2 is 1.77 bits per heavy atom. The molecule has 4 aromatic rings. The van der Waals surface area contributed by atoms with Crippen LogP contribution in [0.25, 0.3) is 11.0 Å². The first-order chi connectivity index (χ1) is 14.3. The lowest BCUT2D eigenvalue weighted by atomic mass is 9.98. The minimum Gasteiger partial charge on any atom is -0.450 e. The van der Waals surface area contributed by atoms with Gasteiger partial charge >= 0.3 is 0 Å². The van der Waals surface area contributed by atoms with E-state index in [1.807, 2.05) is 0 Å².